The van der Waals surface area contributed by atoms with E-state index in [9.17, 15) is 9.59 Å². The van der Waals surface area contributed by atoms with Gasteiger partial charge in [-0.15, -0.1) is 0 Å². The third kappa shape index (κ3) is 4.02. The maximum absolute atomic E-state index is 12.3. The van der Waals surface area contributed by atoms with E-state index in [-0.39, 0.29) is 12.5 Å². The number of nitrogens with one attached hydrogen (secondary N) is 1. The molecule has 0 aromatic heterocycles. The summed E-state index contributed by atoms with van der Waals surface area (Å²) in [6.45, 7) is 7.69. The van der Waals surface area contributed by atoms with Crippen molar-refractivity contribution in [2.45, 2.75) is 34.1 Å². The quantitative estimate of drug-likeness (QED) is 0.817. The lowest BCUT2D eigenvalue weighted by atomic mass is 10.1. The van der Waals surface area contributed by atoms with Crippen molar-refractivity contribution in [1.82, 2.24) is 0 Å². The zero-order valence-electron chi connectivity index (χ0n) is 14.6. The number of hydrogen-bond donors (Lipinski definition) is 1. The Morgan fingerprint density at radius 3 is 2.38 bits per heavy atom. The second-order valence-corrected chi connectivity index (χ2v) is 5.90. The van der Waals surface area contributed by atoms with Gasteiger partial charge in [-0.3, -0.25) is 9.59 Å². The standard InChI is InChI=1S/C20H23NO3/c1-5-17-8-6-7-13(2)19(17)21-18(23)12-24-20-14(3)9-16(11-22)10-15(20)4/h6-11H,5,12H2,1-4H3,(H,21,23). The van der Waals surface area contributed by atoms with Crippen LogP contribution in [0.1, 0.15) is 39.5 Å². The molecule has 0 saturated heterocycles. The summed E-state index contributed by atoms with van der Waals surface area (Å²) in [5, 5.41) is 2.94. The number of para-hydroxylation sites is 1. The van der Waals surface area contributed by atoms with Crippen molar-refractivity contribution >= 4 is 17.9 Å². The molecule has 0 spiro atoms. The Kier molecular flexibility index (Phi) is 5.74. The summed E-state index contributed by atoms with van der Waals surface area (Å²) in [4.78, 5) is 23.1. The highest BCUT2D eigenvalue weighted by atomic mass is 16.5. The van der Waals surface area contributed by atoms with Crippen LogP contribution in [0, 0.1) is 20.8 Å². The number of benzene rings is 2. The average molecular weight is 325 g/mol. The van der Waals surface area contributed by atoms with Gasteiger partial charge in [0.1, 0.15) is 12.0 Å². The van der Waals surface area contributed by atoms with Gasteiger partial charge < -0.3 is 10.1 Å². The van der Waals surface area contributed by atoms with Crippen LogP contribution in [0.5, 0.6) is 5.75 Å². The molecule has 2 rings (SSSR count). The molecule has 2 aromatic carbocycles. The molecule has 2 aromatic rings. The van der Waals surface area contributed by atoms with Crippen LogP contribution in [0.25, 0.3) is 0 Å². The van der Waals surface area contributed by atoms with Crippen molar-refractivity contribution in [3.05, 3.63) is 58.1 Å². The van der Waals surface area contributed by atoms with Gasteiger partial charge in [0.25, 0.3) is 5.91 Å². The monoisotopic (exact) mass is 325 g/mol. The second-order valence-electron chi connectivity index (χ2n) is 5.90. The summed E-state index contributed by atoms with van der Waals surface area (Å²) in [5.74, 6) is 0.452. The smallest absolute Gasteiger partial charge is 0.262 e. The largest absolute Gasteiger partial charge is 0.483 e. The highest BCUT2D eigenvalue weighted by Crippen LogP contribution is 2.25. The van der Waals surface area contributed by atoms with Crippen LogP contribution in [0.3, 0.4) is 0 Å². The molecule has 0 fully saturated rings. The third-order valence-corrected chi connectivity index (χ3v) is 3.97. The first-order chi connectivity index (χ1) is 11.5. The first-order valence-corrected chi connectivity index (χ1v) is 8.03. The summed E-state index contributed by atoms with van der Waals surface area (Å²) in [6.07, 6.45) is 1.66. The minimum atomic E-state index is -0.197. The van der Waals surface area contributed by atoms with Crippen molar-refractivity contribution in [3.8, 4) is 5.75 Å². The lowest BCUT2D eigenvalue weighted by Gasteiger charge is -2.15. The highest BCUT2D eigenvalue weighted by molar-refractivity contribution is 5.93. The van der Waals surface area contributed by atoms with Crippen molar-refractivity contribution < 1.29 is 14.3 Å². The Bertz CT molecular complexity index is 742. The molecule has 0 heterocycles. The molecule has 4 nitrogen and oxygen atoms in total. The fraction of sp³-hybridized carbons (Fsp3) is 0.300. The second kappa shape index (κ2) is 7.77. The van der Waals surface area contributed by atoms with E-state index in [0.717, 1.165) is 40.6 Å². The molecule has 0 saturated carbocycles. The van der Waals surface area contributed by atoms with Crippen molar-refractivity contribution in [2.75, 3.05) is 11.9 Å². The Balaban J connectivity index is 2.09. The van der Waals surface area contributed by atoms with Crippen LogP contribution in [0.15, 0.2) is 30.3 Å². The fourth-order valence-electron chi connectivity index (χ4n) is 2.79. The van der Waals surface area contributed by atoms with E-state index in [2.05, 4.69) is 12.2 Å². The number of aldehydes is 1. The van der Waals surface area contributed by atoms with E-state index in [1.807, 2.05) is 39.0 Å². The molecule has 4 heteroatoms. The lowest BCUT2D eigenvalue weighted by Crippen LogP contribution is -2.22. The number of aryl methyl sites for hydroxylation is 4. The van der Waals surface area contributed by atoms with Gasteiger partial charge >= 0.3 is 0 Å². The van der Waals surface area contributed by atoms with Gasteiger partial charge in [-0.25, -0.2) is 0 Å². The molecule has 0 atom stereocenters. The molecule has 0 bridgehead atoms. The number of amides is 1. The van der Waals surface area contributed by atoms with Crippen LogP contribution < -0.4 is 10.1 Å². The number of anilines is 1. The highest BCUT2D eigenvalue weighted by Gasteiger charge is 2.12. The van der Waals surface area contributed by atoms with Gasteiger partial charge in [-0.2, -0.15) is 0 Å². The predicted octanol–water partition coefficient (Wildman–Crippen LogP) is 4.00. The summed E-state index contributed by atoms with van der Waals surface area (Å²) < 4.78 is 5.69. The molecule has 0 radical (unpaired) electrons. The normalized spacial score (nSPS) is 10.3. The molecule has 0 aliphatic heterocycles. The van der Waals surface area contributed by atoms with Gasteiger partial charge in [0, 0.05) is 11.3 Å². The van der Waals surface area contributed by atoms with Gasteiger partial charge in [0.05, 0.1) is 0 Å². The number of carbonyl (C=O) groups excluding carboxylic acids is 2. The van der Waals surface area contributed by atoms with E-state index in [1.54, 1.807) is 12.1 Å². The van der Waals surface area contributed by atoms with Gasteiger partial charge in [0.15, 0.2) is 6.61 Å². The Labute approximate surface area is 142 Å². The van der Waals surface area contributed by atoms with E-state index in [1.165, 1.54) is 0 Å². The topological polar surface area (TPSA) is 55.4 Å². The summed E-state index contributed by atoms with van der Waals surface area (Å²) in [7, 11) is 0. The number of carbonyl (C=O) groups is 2. The van der Waals surface area contributed by atoms with Crippen LogP contribution in [0.4, 0.5) is 5.69 Å². The maximum atomic E-state index is 12.3. The number of rotatable bonds is 6. The molecule has 24 heavy (non-hydrogen) atoms. The Hall–Kier alpha value is -2.62. The SMILES string of the molecule is CCc1cccc(C)c1NC(=O)COc1c(C)cc(C=O)cc1C. The van der Waals surface area contributed by atoms with Gasteiger partial charge in [0.2, 0.25) is 0 Å². The number of ether oxygens (including phenoxy) is 1. The molecule has 0 aliphatic carbocycles. The minimum absolute atomic E-state index is 0.0698. The zero-order valence-corrected chi connectivity index (χ0v) is 14.6. The van der Waals surface area contributed by atoms with Crippen LogP contribution >= 0.6 is 0 Å². The summed E-state index contributed by atoms with van der Waals surface area (Å²) in [5.41, 5.74) is 5.29. The Morgan fingerprint density at radius 2 is 1.79 bits per heavy atom. The first kappa shape index (κ1) is 17.7. The van der Waals surface area contributed by atoms with E-state index in [4.69, 9.17) is 4.74 Å². The van der Waals surface area contributed by atoms with Crippen molar-refractivity contribution in [3.63, 3.8) is 0 Å². The molecular weight excluding hydrogens is 302 g/mol. The average Bonchev–Trinajstić information content (AvgIpc) is 2.55. The summed E-state index contributed by atoms with van der Waals surface area (Å²) >= 11 is 0. The number of hydrogen-bond acceptors (Lipinski definition) is 3. The first-order valence-electron chi connectivity index (χ1n) is 8.03. The van der Waals surface area contributed by atoms with Crippen LogP contribution in [0.2, 0.25) is 0 Å². The van der Waals surface area contributed by atoms with Crippen molar-refractivity contribution in [2.24, 2.45) is 0 Å². The zero-order chi connectivity index (χ0) is 17.7. The minimum Gasteiger partial charge on any atom is -0.483 e. The lowest BCUT2D eigenvalue weighted by molar-refractivity contribution is -0.118. The van der Waals surface area contributed by atoms with Gasteiger partial charge in [-0.1, -0.05) is 25.1 Å². The molecule has 126 valence electrons. The predicted molar refractivity (Wildman–Crippen MR) is 96.0 cm³/mol. The molecule has 1 N–H and O–H groups in total. The molecule has 0 unspecified atom stereocenters. The molecule has 0 aliphatic rings. The molecular formula is C20H23NO3. The fourth-order valence-corrected chi connectivity index (χ4v) is 2.79. The van der Waals surface area contributed by atoms with Gasteiger partial charge in [-0.05, 0) is 61.6 Å². The van der Waals surface area contributed by atoms with Crippen LogP contribution in [-0.4, -0.2) is 18.8 Å². The maximum Gasteiger partial charge on any atom is 0.262 e. The van der Waals surface area contributed by atoms with E-state index in [0.29, 0.717) is 11.3 Å². The third-order valence-electron chi connectivity index (χ3n) is 3.97. The van der Waals surface area contributed by atoms with E-state index >= 15 is 0 Å². The van der Waals surface area contributed by atoms with E-state index < -0.39 is 0 Å². The van der Waals surface area contributed by atoms with Crippen molar-refractivity contribution in [1.29, 1.82) is 0 Å². The van der Waals surface area contributed by atoms with Crippen LogP contribution in [-0.2, 0) is 11.2 Å². The molecule has 1 amide bonds. The summed E-state index contributed by atoms with van der Waals surface area (Å²) in [6, 6.07) is 9.48. The Morgan fingerprint density at radius 1 is 1.12 bits per heavy atom.